The fourth-order valence-electron chi connectivity index (χ4n) is 1.52. The maximum Gasteiger partial charge on any atom is 0.341 e. The van der Waals surface area contributed by atoms with Crippen molar-refractivity contribution in [1.29, 1.82) is 0 Å². The van der Waals surface area contributed by atoms with Crippen molar-refractivity contribution < 1.29 is 17.2 Å². The van der Waals surface area contributed by atoms with E-state index in [0.717, 1.165) is 12.1 Å². The Morgan fingerprint density at radius 3 is 2.05 bits per heavy atom. The molecule has 0 spiro atoms. The van der Waals surface area contributed by atoms with Crippen LogP contribution in [0.1, 0.15) is 13.3 Å². The van der Waals surface area contributed by atoms with Crippen LogP contribution >= 0.6 is 23.2 Å². The molecule has 1 aromatic carbocycles. The Bertz CT molecular complexity index is 523. The van der Waals surface area contributed by atoms with Gasteiger partial charge in [-0.2, -0.15) is 8.78 Å². The number of rotatable bonds is 7. The highest BCUT2D eigenvalue weighted by Crippen LogP contribution is 2.25. The molecule has 8 heteroatoms. The molecule has 0 amide bonds. The van der Waals surface area contributed by atoms with Crippen LogP contribution in [0.4, 0.5) is 14.5 Å². The Balaban J connectivity index is 2.98. The van der Waals surface area contributed by atoms with E-state index >= 15 is 0 Å². The van der Waals surface area contributed by atoms with Crippen LogP contribution in [-0.4, -0.2) is 31.5 Å². The van der Waals surface area contributed by atoms with Crippen LogP contribution < -0.4 is 5.32 Å². The highest BCUT2D eigenvalue weighted by molar-refractivity contribution is 7.91. The Morgan fingerprint density at radius 2 is 1.70 bits per heavy atom. The van der Waals surface area contributed by atoms with Crippen LogP contribution in [0.3, 0.4) is 0 Å². The van der Waals surface area contributed by atoms with Gasteiger partial charge in [-0.25, -0.2) is 8.42 Å². The summed E-state index contributed by atoms with van der Waals surface area (Å²) >= 11 is 11.8. The number of alkyl halides is 4. The summed E-state index contributed by atoms with van der Waals surface area (Å²) in [6.45, 7) is 1.91. The van der Waals surface area contributed by atoms with Crippen LogP contribution in [0.2, 0.25) is 0 Å². The van der Waals surface area contributed by atoms with E-state index in [-0.39, 0.29) is 11.8 Å². The highest BCUT2D eigenvalue weighted by Gasteiger charge is 2.28. The zero-order valence-corrected chi connectivity index (χ0v) is 13.1. The average Bonchev–Trinajstić information content (AvgIpc) is 2.45. The van der Waals surface area contributed by atoms with E-state index in [2.05, 4.69) is 5.32 Å². The van der Waals surface area contributed by atoms with Crippen molar-refractivity contribution in [3.8, 4) is 0 Å². The molecule has 20 heavy (non-hydrogen) atoms. The van der Waals surface area contributed by atoms with Gasteiger partial charge in [0.25, 0.3) is 0 Å². The van der Waals surface area contributed by atoms with Crippen molar-refractivity contribution in [2.75, 3.05) is 17.1 Å². The van der Waals surface area contributed by atoms with E-state index in [4.69, 9.17) is 23.2 Å². The second kappa shape index (κ2) is 6.91. The van der Waals surface area contributed by atoms with Crippen molar-refractivity contribution in [2.45, 2.75) is 29.5 Å². The van der Waals surface area contributed by atoms with E-state index in [1.54, 1.807) is 0 Å². The van der Waals surface area contributed by atoms with Crippen molar-refractivity contribution >= 4 is 38.7 Å². The molecule has 0 aliphatic carbocycles. The summed E-state index contributed by atoms with van der Waals surface area (Å²) < 4.78 is 47.4. The first kappa shape index (κ1) is 17.5. The van der Waals surface area contributed by atoms with Gasteiger partial charge in [0.15, 0.2) is 0 Å². The molecule has 0 atom stereocenters. The maximum atomic E-state index is 12.4. The zero-order valence-electron chi connectivity index (χ0n) is 10.7. The van der Waals surface area contributed by atoms with Crippen LogP contribution in [0.15, 0.2) is 29.2 Å². The molecule has 0 aliphatic heterocycles. The summed E-state index contributed by atoms with van der Waals surface area (Å²) in [6.07, 6.45) is 0.664. The molecule has 0 bridgehead atoms. The second-order valence-corrected chi connectivity index (χ2v) is 6.81. The fraction of sp³-hybridized carbons (Fsp3) is 0.500. The lowest BCUT2D eigenvalue weighted by Gasteiger charge is -2.30. The lowest BCUT2D eigenvalue weighted by molar-refractivity contribution is 0.234. The zero-order chi connectivity index (χ0) is 15.4. The third kappa shape index (κ3) is 3.74. The monoisotopic (exact) mass is 345 g/mol. The maximum absolute atomic E-state index is 12.4. The van der Waals surface area contributed by atoms with Crippen LogP contribution in [0.5, 0.6) is 0 Å². The molecule has 0 unspecified atom stereocenters. The lowest BCUT2D eigenvalue weighted by atomic mass is 10.0. The number of hydrogen-bond acceptors (Lipinski definition) is 3. The first-order valence-electron chi connectivity index (χ1n) is 5.83. The first-order valence-corrected chi connectivity index (χ1v) is 8.45. The number of halogens is 4. The quantitative estimate of drug-likeness (QED) is 0.766. The molecule has 114 valence electrons. The van der Waals surface area contributed by atoms with E-state index in [1.807, 2.05) is 6.92 Å². The van der Waals surface area contributed by atoms with Gasteiger partial charge in [0.2, 0.25) is 9.84 Å². The fourth-order valence-corrected chi connectivity index (χ4v) is 3.04. The van der Waals surface area contributed by atoms with Crippen molar-refractivity contribution in [3.05, 3.63) is 24.3 Å². The van der Waals surface area contributed by atoms with Crippen molar-refractivity contribution in [2.24, 2.45) is 0 Å². The van der Waals surface area contributed by atoms with Gasteiger partial charge in [-0.15, -0.1) is 23.2 Å². The predicted octanol–water partition coefficient (Wildman–Crippen LogP) is 3.72. The van der Waals surface area contributed by atoms with Gasteiger partial charge in [-0.3, -0.25) is 0 Å². The lowest BCUT2D eigenvalue weighted by Crippen LogP contribution is -2.41. The molecule has 0 aromatic heterocycles. The Hall–Kier alpha value is -0.590. The molecular weight excluding hydrogens is 331 g/mol. The predicted molar refractivity (Wildman–Crippen MR) is 77.7 cm³/mol. The standard InChI is InChI=1S/C12H15Cl2F2NO2S/c1-2-12(7-13,8-14)17-9-3-5-10(6-4-9)20(18,19)11(15)16/h3-6,11,17H,2,7-8H2,1H3. The van der Waals surface area contributed by atoms with Gasteiger partial charge in [0, 0.05) is 17.4 Å². The molecule has 0 aliphatic rings. The molecular formula is C12H15Cl2F2NO2S. The third-order valence-corrected chi connectivity index (χ3v) is 5.44. The van der Waals surface area contributed by atoms with E-state index in [9.17, 15) is 17.2 Å². The normalized spacial score (nSPS) is 12.7. The van der Waals surface area contributed by atoms with Crippen molar-refractivity contribution in [1.82, 2.24) is 0 Å². The minimum absolute atomic E-state index is 0.268. The molecule has 3 nitrogen and oxygen atoms in total. The van der Waals surface area contributed by atoms with Gasteiger partial charge < -0.3 is 5.32 Å². The summed E-state index contributed by atoms with van der Waals surface area (Å²) in [5.41, 5.74) is 0.0491. The molecule has 1 aromatic rings. The summed E-state index contributed by atoms with van der Waals surface area (Å²) in [5, 5.41) is 3.10. The number of anilines is 1. The summed E-state index contributed by atoms with van der Waals surface area (Å²) in [4.78, 5) is -0.420. The largest absolute Gasteiger partial charge is 0.377 e. The minimum atomic E-state index is -4.57. The number of sulfone groups is 1. The number of hydrogen-bond donors (Lipinski definition) is 1. The molecule has 0 radical (unpaired) electrons. The van der Waals surface area contributed by atoms with E-state index in [1.165, 1.54) is 12.1 Å². The Labute approximate surface area is 127 Å². The number of benzene rings is 1. The number of nitrogens with one attached hydrogen (secondary N) is 1. The minimum Gasteiger partial charge on any atom is -0.377 e. The topological polar surface area (TPSA) is 46.2 Å². The Kier molecular flexibility index (Phi) is 6.04. The second-order valence-electron chi connectivity index (χ2n) is 4.36. The molecule has 0 saturated heterocycles. The molecule has 0 fully saturated rings. The molecule has 1 N–H and O–H groups in total. The highest BCUT2D eigenvalue weighted by atomic mass is 35.5. The van der Waals surface area contributed by atoms with Gasteiger partial charge in [0.1, 0.15) is 0 Å². The van der Waals surface area contributed by atoms with Crippen molar-refractivity contribution in [3.63, 3.8) is 0 Å². The van der Waals surface area contributed by atoms with Gasteiger partial charge >= 0.3 is 5.76 Å². The smallest absolute Gasteiger partial charge is 0.341 e. The summed E-state index contributed by atoms with van der Waals surface area (Å²) in [7, 11) is -4.57. The van der Waals surface area contributed by atoms with Crippen LogP contribution in [0, 0.1) is 0 Å². The van der Waals surface area contributed by atoms with Gasteiger partial charge in [-0.1, -0.05) is 6.92 Å². The molecule has 0 saturated carbocycles. The van der Waals surface area contributed by atoms with E-state index in [0.29, 0.717) is 12.1 Å². The summed E-state index contributed by atoms with van der Waals surface area (Å²) in [5.74, 6) is -2.89. The van der Waals surface area contributed by atoms with Crippen LogP contribution in [-0.2, 0) is 9.84 Å². The van der Waals surface area contributed by atoms with Gasteiger partial charge in [-0.05, 0) is 30.7 Å². The van der Waals surface area contributed by atoms with Gasteiger partial charge in [0.05, 0.1) is 10.4 Å². The molecule has 1 rings (SSSR count). The molecule has 0 heterocycles. The third-order valence-electron chi connectivity index (χ3n) is 3.02. The van der Waals surface area contributed by atoms with E-state index < -0.39 is 26.0 Å². The summed E-state index contributed by atoms with van der Waals surface area (Å²) in [6, 6.07) is 5.09. The first-order chi connectivity index (χ1) is 9.31. The Morgan fingerprint density at radius 1 is 1.20 bits per heavy atom. The SMILES string of the molecule is CCC(CCl)(CCl)Nc1ccc(S(=O)(=O)C(F)F)cc1. The van der Waals surface area contributed by atoms with Crippen LogP contribution in [0.25, 0.3) is 0 Å². The average molecular weight is 346 g/mol.